The van der Waals surface area contributed by atoms with Gasteiger partial charge in [-0.25, -0.2) is 0 Å². The van der Waals surface area contributed by atoms with Crippen LogP contribution in [0, 0.1) is 17.2 Å². The first-order valence-corrected chi connectivity index (χ1v) is 3.57. The summed E-state index contributed by atoms with van der Waals surface area (Å²) in [5.41, 5.74) is 0.838. The van der Waals surface area contributed by atoms with Crippen LogP contribution in [-0.4, -0.2) is 11.7 Å². The second-order valence-electron chi connectivity index (χ2n) is 2.67. The van der Waals surface area contributed by atoms with Crippen LogP contribution < -0.4 is 0 Å². The summed E-state index contributed by atoms with van der Waals surface area (Å²) in [6, 6.07) is 2.12. The molecular formula is C8H11NO. The molecule has 0 aliphatic heterocycles. The monoisotopic (exact) mass is 137 g/mol. The van der Waals surface area contributed by atoms with E-state index in [2.05, 4.69) is 6.07 Å². The number of nitriles is 1. The Bertz CT molecular complexity index is 178. The summed E-state index contributed by atoms with van der Waals surface area (Å²) in [5.74, 6) is 0.333. The second-order valence-corrected chi connectivity index (χ2v) is 2.67. The summed E-state index contributed by atoms with van der Waals surface area (Å²) in [5, 5.41) is 17.3. The standard InChI is InChI=1S/C8H11NO/c9-5-7-2-1-3-8(4-7)6-10/h2,8,10H,1,3-4,6H2. The fraction of sp³-hybridized carbons (Fsp3) is 0.625. The van der Waals surface area contributed by atoms with Gasteiger partial charge in [-0.15, -0.1) is 0 Å². The molecule has 1 N–H and O–H groups in total. The first kappa shape index (κ1) is 7.30. The van der Waals surface area contributed by atoms with Gasteiger partial charge in [0.2, 0.25) is 0 Å². The van der Waals surface area contributed by atoms with Crippen LogP contribution in [0.4, 0.5) is 0 Å². The van der Waals surface area contributed by atoms with E-state index in [1.807, 2.05) is 6.08 Å². The zero-order valence-corrected chi connectivity index (χ0v) is 5.88. The molecule has 1 rings (SSSR count). The summed E-state index contributed by atoms with van der Waals surface area (Å²) >= 11 is 0. The zero-order chi connectivity index (χ0) is 7.40. The van der Waals surface area contributed by atoms with Crippen molar-refractivity contribution in [3.8, 4) is 6.07 Å². The number of rotatable bonds is 1. The molecule has 54 valence electrons. The number of hydrogen-bond donors (Lipinski definition) is 1. The Morgan fingerprint density at radius 1 is 1.80 bits per heavy atom. The molecular weight excluding hydrogens is 126 g/mol. The molecule has 0 heterocycles. The summed E-state index contributed by atoms with van der Waals surface area (Å²) in [6.07, 6.45) is 4.72. The lowest BCUT2D eigenvalue weighted by Gasteiger charge is -2.16. The van der Waals surface area contributed by atoms with Crippen molar-refractivity contribution >= 4 is 0 Å². The van der Waals surface area contributed by atoms with Gasteiger partial charge in [0.15, 0.2) is 0 Å². The predicted octanol–water partition coefficient (Wildman–Crippen LogP) is 1.23. The summed E-state index contributed by atoms with van der Waals surface area (Å²) < 4.78 is 0. The Morgan fingerprint density at radius 2 is 2.60 bits per heavy atom. The van der Waals surface area contributed by atoms with Gasteiger partial charge in [-0.3, -0.25) is 0 Å². The Hall–Kier alpha value is -0.810. The van der Waals surface area contributed by atoms with Crippen molar-refractivity contribution in [2.45, 2.75) is 19.3 Å². The summed E-state index contributed by atoms with van der Waals surface area (Å²) in [4.78, 5) is 0. The van der Waals surface area contributed by atoms with Crippen LogP contribution in [0.5, 0.6) is 0 Å². The predicted molar refractivity (Wildman–Crippen MR) is 38.1 cm³/mol. The van der Waals surface area contributed by atoms with E-state index >= 15 is 0 Å². The van der Waals surface area contributed by atoms with E-state index in [9.17, 15) is 0 Å². The molecule has 0 saturated heterocycles. The van der Waals surface area contributed by atoms with Crippen LogP contribution in [0.1, 0.15) is 19.3 Å². The number of aliphatic hydroxyl groups excluding tert-OH is 1. The highest BCUT2D eigenvalue weighted by Crippen LogP contribution is 2.22. The number of hydrogen-bond acceptors (Lipinski definition) is 2. The average Bonchev–Trinajstić information content (AvgIpc) is 2.05. The highest BCUT2D eigenvalue weighted by molar-refractivity contribution is 5.22. The van der Waals surface area contributed by atoms with E-state index in [4.69, 9.17) is 10.4 Å². The molecule has 2 heteroatoms. The average molecular weight is 137 g/mol. The van der Waals surface area contributed by atoms with Gasteiger partial charge in [-0.2, -0.15) is 5.26 Å². The minimum absolute atomic E-state index is 0.221. The zero-order valence-electron chi connectivity index (χ0n) is 5.88. The molecule has 2 nitrogen and oxygen atoms in total. The largest absolute Gasteiger partial charge is 0.396 e. The molecule has 0 radical (unpaired) electrons. The Kier molecular flexibility index (Phi) is 2.47. The summed E-state index contributed by atoms with van der Waals surface area (Å²) in [6.45, 7) is 0.221. The fourth-order valence-corrected chi connectivity index (χ4v) is 1.24. The van der Waals surface area contributed by atoms with Crippen molar-refractivity contribution in [1.29, 1.82) is 5.26 Å². The maximum Gasteiger partial charge on any atom is 0.0943 e. The molecule has 0 spiro atoms. The lowest BCUT2D eigenvalue weighted by molar-refractivity contribution is 0.216. The first-order valence-electron chi connectivity index (χ1n) is 3.57. The van der Waals surface area contributed by atoms with E-state index in [1.54, 1.807) is 0 Å². The van der Waals surface area contributed by atoms with Crippen molar-refractivity contribution in [1.82, 2.24) is 0 Å². The SMILES string of the molecule is N#CC1=CCCC(CO)C1. The van der Waals surface area contributed by atoms with Crippen LogP contribution >= 0.6 is 0 Å². The van der Waals surface area contributed by atoms with Gasteiger partial charge in [-0.1, -0.05) is 6.08 Å². The Morgan fingerprint density at radius 3 is 3.20 bits per heavy atom. The minimum atomic E-state index is 0.221. The molecule has 0 aromatic carbocycles. The van der Waals surface area contributed by atoms with Gasteiger partial charge in [0.25, 0.3) is 0 Å². The molecule has 0 saturated carbocycles. The van der Waals surface area contributed by atoms with Gasteiger partial charge in [0, 0.05) is 12.2 Å². The van der Waals surface area contributed by atoms with Crippen molar-refractivity contribution in [3.05, 3.63) is 11.6 Å². The first-order chi connectivity index (χ1) is 4.86. The number of aliphatic hydroxyl groups is 1. The fourth-order valence-electron chi connectivity index (χ4n) is 1.24. The third-order valence-corrected chi connectivity index (χ3v) is 1.88. The van der Waals surface area contributed by atoms with Gasteiger partial charge in [-0.05, 0) is 25.2 Å². The Balaban J connectivity index is 2.50. The van der Waals surface area contributed by atoms with Gasteiger partial charge >= 0.3 is 0 Å². The van der Waals surface area contributed by atoms with Gasteiger partial charge in [0.1, 0.15) is 0 Å². The third kappa shape index (κ3) is 1.58. The van der Waals surface area contributed by atoms with Crippen molar-refractivity contribution in [2.75, 3.05) is 6.61 Å². The van der Waals surface area contributed by atoms with E-state index in [0.29, 0.717) is 5.92 Å². The van der Waals surface area contributed by atoms with Crippen LogP contribution in [0.3, 0.4) is 0 Å². The van der Waals surface area contributed by atoms with Crippen LogP contribution in [0.2, 0.25) is 0 Å². The van der Waals surface area contributed by atoms with Gasteiger partial charge in [0.05, 0.1) is 6.07 Å². The highest BCUT2D eigenvalue weighted by Gasteiger charge is 2.13. The maximum absolute atomic E-state index is 8.77. The van der Waals surface area contributed by atoms with Gasteiger partial charge < -0.3 is 5.11 Å². The second kappa shape index (κ2) is 3.38. The molecule has 0 aromatic heterocycles. The molecule has 10 heavy (non-hydrogen) atoms. The van der Waals surface area contributed by atoms with E-state index in [1.165, 1.54) is 0 Å². The molecule has 1 atom stereocenters. The Labute approximate surface area is 60.8 Å². The van der Waals surface area contributed by atoms with Crippen LogP contribution in [-0.2, 0) is 0 Å². The smallest absolute Gasteiger partial charge is 0.0943 e. The van der Waals surface area contributed by atoms with Crippen molar-refractivity contribution in [2.24, 2.45) is 5.92 Å². The topological polar surface area (TPSA) is 44.0 Å². The minimum Gasteiger partial charge on any atom is -0.396 e. The normalized spacial score (nSPS) is 25.2. The van der Waals surface area contributed by atoms with E-state index in [-0.39, 0.29) is 6.61 Å². The van der Waals surface area contributed by atoms with Crippen LogP contribution in [0.25, 0.3) is 0 Å². The van der Waals surface area contributed by atoms with Crippen LogP contribution in [0.15, 0.2) is 11.6 Å². The van der Waals surface area contributed by atoms with E-state index in [0.717, 1.165) is 24.8 Å². The highest BCUT2D eigenvalue weighted by atomic mass is 16.3. The van der Waals surface area contributed by atoms with Crippen molar-refractivity contribution < 1.29 is 5.11 Å². The molecule has 0 aromatic rings. The third-order valence-electron chi connectivity index (χ3n) is 1.88. The molecule has 1 aliphatic carbocycles. The number of allylic oxidation sites excluding steroid dienone is 2. The van der Waals surface area contributed by atoms with E-state index < -0.39 is 0 Å². The number of nitrogens with zero attached hydrogens (tertiary/aromatic N) is 1. The maximum atomic E-state index is 8.77. The quantitative estimate of drug-likeness (QED) is 0.590. The molecule has 0 amide bonds. The molecule has 1 unspecified atom stereocenters. The lowest BCUT2D eigenvalue weighted by atomic mass is 9.90. The molecule has 1 aliphatic rings. The molecule has 0 bridgehead atoms. The van der Waals surface area contributed by atoms with Crippen molar-refractivity contribution in [3.63, 3.8) is 0 Å². The summed E-state index contributed by atoms with van der Waals surface area (Å²) in [7, 11) is 0. The molecule has 0 fully saturated rings. The lowest BCUT2D eigenvalue weighted by Crippen LogP contribution is -2.09.